The second-order valence-electron chi connectivity index (χ2n) is 0.820. The van der Waals surface area contributed by atoms with Crippen LogP contribution in [0.1, 0.15) is 0 Å². The molecule has 0 fully saturated rings. The van der Waals surface area contributed by atoms with Crippen molar-refractivity contribution in [2.45, 2.75) is 0 Å². The van der Waals surface area contributed by atoms with Crippen molar-refractivity contribution in [1.82, 2.24) is 5.53 Å². The molecule has 0 aromatic rings. The smallest absolute Gasteiger partial charge is 0.0618 e. The fourth-order valence-corrected chi connectivity index (χ4v) is 0.519. The molecule has 4 nitrogen and oxygen atoms in total. The zero-order valence-corrected chi connectivity index (χ0v) is 4.07. The number of hydrogen-bond acceptors (Lipinski definition) is 4. The Morgan fingerprint density at radius 3 is 2.67 bits per heavy atom. The lowest BCUT2D eigenvalue weighted by Crippen LogP contribution is -1.83. The molecule has 1 aliphatic heterocycles. The third kappa shape index (κ3) is 0.538. The Hall–Kier alpha value is -0.450. The van der Waals surface area contributed by atoms with E-state index >= 15 is 0 Å². The van der Waals surface area contributed by atoms with E-state index in [0.29, 0.717) is 0 Å². The predicted octanol–water partition coefficient (Wildman–Crippen LogP) is 0.218. The van der Waals surface area contributed by atoms with Crippen LogP contribution in [0.3, 0.4) is 0 Å². The quantitative estimate of drug-likeness (QED) is 0.469. The highest BCUT2D eigenvalue weighted by Gasteiger charge is 1.85. The Balaban J connectivity index is 2.68. The minimum atomic E-state index is -0.201. The van der Waals surface area contributed by atoms with Gasteiger partial charge in [-0.05, 0) is 5.22 Å². The highest BCUT2D eigenvalue weighted by Crippen LogP contribution is 1.88. The summed E-state index contributed by atoms with van der Waals surface area (Å²) in [6.45, 7) is 0. The average molecular weight is 104 g/mol. The molecule has 5 heteroatoms. The largest absolute Gasteiger partial charge is 0.171 e. The molecule has 1 rings (SSSR count). The third-order valence-corrected chi connectivity index (χ3v) is 1.04. The van der Waals surface area contributed by atoms with Crippen molar-refractivity contribution < 1.29 is 0 Å². The van der Waals surface area contributed by atoms with E-state index < -0.39 is 0 Å². The van der Waals surface area contributed by atoms with Gasteiger partial charge in [0.15, 0.2) is 0 Å². The van der Waals surface area contributed by atoms with E-state index in [0.717, 1.165) is 0 Å². The molecule has 1 N–H and O–H groups in total. The van der Waals surface area contributed by atoms with Crippen LogP contribution >= 0.6 is 0 Å². The van der Waals surface area contributed by atoms with Crippen LogP contribution in [-0.4, -0.2) is 6.26 Å². The lowest BCUT2D eigenvalue weighted by Gasteiger charge is -1.69. The summed E-state index contributed by atoms with van der Waals surface area (Å²) in [5.74, 6) is 0. The van der Waals surface area contributed by atoms with Gasteiger partial charge in [-0.3, -0.25) is 0 Å². The molecule has 6 heavy (non-hydrogen) atoms. The van der Waals surface area contributed by atoms with Gasteiger partial charge in [-0.2, -0.15) is 5.53 Å². The van der Waals surface area contributed by atoms with Crippen LogP contribution in [0.15, 0.2) is 14.2 Å². The van der Waals surface area contributed by atoms with Crippen molar-refractivity contribution in [3.05, 3.63) is 0 Å². The van der Waals surface area contributed by atoms with Crippen molar-refractivity contribution >= 4 is 10.9 Å². The molecule has 1 aliphatic rings. The molecule has 0 saturated heterocycles. The van der Waals surface area contributed by atoms with Crippen LogP contribution in [0.2, 0.25) is 0 Å². The molecule has 1 unspecified atom stereocenters. The molecule has 0 radical (unpaired) electrons. The first-order valence-electron chi connectivity index (χ1n) is 1.42. The van der Waals surface area contributed by atoms with Gasteiger partial charge >= 0.3 is 0 Å². The van der Waals surface area contributed by atoms with Crippen molar-refractivity contribution in [2.75, 3.05) is 6.26 Å². The van der Waals surface area contributed by atoms with Gasteiger partial charge in [0.05, 0.1) is 10.9 Å². The van der Waals surface area contributed by atoms with E-state index in [1.165, 1.54) is 0 Å². The maximum Gasteiger partial charge on any atom is 0.0618 e. The summed E-state index contributed by atoms with van der Waals surface area (Å²) in [6.07, 6.45) is 1.88. The van der Waals surface area contributed by atoms with Gasteiger partial charge in [-0.15, -0.1) is 4.47 Å². The third-order valence-electron chi connectivity index (χ3n) is 0.377. The standard InChI is InChI=1S/CH4N4S/c1-6-4-2-3-5-6/h1H3,(H,2,3,4,5). The van der Waals surface area contributed by atoms with E-state index in [2.05, 4.69) is 19.7 Å². The van der Waals surface area contributed by atoms with E-state index in [4.69, 9.17) is 0 Å². The molecule has 34 valence electrons. The number of nitrogens with one attached hydrogen (secondary N) is 1. The maximum absolute atomic E-state index is 3.68. The number of nitrogens with zero attached hydrogens (tertiary/aromatic N) is 3. The van der Waals surface area contributed by atoms with Gasteiger partial charge < -0.3 is 0 Å². The van der Waals surface area contributed by atoms with E-state index in [-0.39, 0.29) is 10.9 Å². The molecule has 0 amide bonds. The zero-order valence-electron chi connectivity index (χ0n) is 3.25. The predicted molar refractivity (Wildman–Crippen MR) is 23.7 cm³/mol. The number of hydrogen-bond donors (Lipinski definition) is 1. The summed E-state index contributed by atoms with van der Waals surface area (Å²) in [4.78, 5) is 0. The van der Waals surface area contributed by atoms with Gasteiger partial charge in [0.25, 0.3) is 0 Å². The highest BCUT2D eigenvalue weighted by atomic mass is 32.2. The first-order valence-corrected chi connectivity index (χ1v) is 2.97. The fourth-order valence-electron chi connectivity index (χ4n) is 0.173. The van der Waals surface area contributed by atoms with Gasteiger partial charge in [-0.25, -0.2) is 0 Å². The minimum absolute atomic E-state index is 0.201. The molecule has 1 atom stereocenters. The SMILES string of the molecule is CS1=NNN=N1. The Kier molecular flexibility index (Phi) is 0.831. The summed E-state index contributed by atoms with van der Waals surface area (Å²) in [6, 6.07) is 0. The molecular formula is CH4N4S. The van der Waals surface area contributed by atoms with Crippen molar-refractivity contribution in [3.63, 3.8) is 0 Å². The van der Waals surface area contributed by atoms with E-state index in [1.807, 2.05) is 6.26 Å². The Labute approximate surface area is 37.8 Å². The summed E-state index contributed by atoms with van der Waals surface area (Å²) < 4.78 is 7.29. The molecular weight excluding hydrogens is 100 g/mol. The van der Waals surface area contributed by atoms with Gasteiger partial charge in [0.2, 0.25) is 0 Å². The van der Waals surface area contributed by atoms with Crippen LogP contribution in [0, 0.1) is 0 Å². The van der Waals surface area contributed by atoms with Crippen LogP contribution in [0.4, 0.5) is 0 Å². The van der Waals surface area contributed by atoms with E-state index in [9.17, 15) is 0 Å². The monoisotopic (exact) mass is 104 g/mol. The molecule has 1 heterocycles. The Morgan fingerprint density at radius 1 is 1.67 bits per heavy atom. The first kappa shape index (κ1) is 3.73. The highest BCUT2D eigenvalue weighted by molar-refractivity contribution is 7.85. The first-order chi connectivity index (χ1) is 2.89. The zero-order chi connectivity index (χ0) is 4.41. The summed E-state index contributed by atoms with van der Waals surface area (Å²) in [5.41, 5.74) is 2.37. The topological polar surface area (TPSA) is 49.1 Å². The molecule has 0 aliphatic carbocycles. The van der Waals surface area contributed by atoms with Crippen molar-refractivity contribution in [1.29, 1.82) is 0 Å². The molecule has 0 aromatic heterocycles. The van der Waals surface area contributed by atoms with Crippen LogP contribution in [-0.2, 0) is 10.9 Å². The molecule has 0 spiro atoms. The Bertz CT molecular complexity index is 101. The van der Waals surface area contributed by atoms with Crippen LogP contribution < -0.4 is 5.53 Å². The summed E-state index contributed by atoms with van der Waals surface area (Å²) in [5, 5.41) is 3.39. The molecule has 0 saturated carbocycles. The molecule has 0 bridgehead atoms. The lowest BCUT2D eigenvalue weighted by atomic mass is 12.0. The second-order valence-corrected chi connectivity index (χ2v) is 2.06. The van der Waals surface area contributed by atoms with Crippen molar-refractivity contribution in [3.8, 4) is 0 Å². The van der Waals surface area contributed by atoms with Gasteiger partial charge in [0, 0.05) is 6.26 Å². The van der Waals surface area contributed by atoms with Crippen LogP contribution in [0.25, 0.3) is 0 Å². The van der Waals surface area contributed by atoms with E-state index in [1.54, 1.807) is 0 Å². The van der Waals surface area contributed by atoms with Gasteiger partial charge in [0.1, 0.15) is 0 Å². The average Bonchev–Trinajstić information content (AvgIpc) is 1.86. The van der Waals surface area contributed by atoms with Crippen LogP contribution in [0.5, 0.6) is 0 Å². The van der Waals surface area contributed by atoms with Crippen molar-refractivity contribution in [2.24, 2.45) is 14.2 Å². The number of rotatable bonds is 0. The maximum atomic E-state index is 3.68. The Morgan fingerprint density at radius 2 is 2.50 bits per heavy atom. The van der Waals surface area contributed by atoms with Gasteiger partial charge in [-0.1, -0.05) is 4.52 Å². The minimum Gasteiger partial charge on any atom is -0.171 e. The summed E-state index contributed by atoms with van der Waals surface area (Å²) >= 11 is 0. The molecule has 0 aromatic carbocycles. The normalized spacial score (nSPS) is 29.2. The second kappa shape index (κ2) is 1.34. The summed E-state index contributed by atoms with van der Waals surface area (Å²) in [7, 11) is -0.201. The lowest BCUT2D eigenvalue weighted by molar-refractivity contribution is 0.800. The fraction of sp³-hybridized carbons (Fsp3) is 1.00.